The minimum absolute atomic E-state index is 0.0191. The summed E-state index contributed by atoms with van der Waals surface area (Å²) in [4.78, 5) is 25.3. The summed E-state index contributed by atoms with van der Waals surface area (Å²) in [6.45, 7) is 3.33. The highest BCUT2D eigenvalue weighted by atomic mass is 35.5. The van der Waals surface area contributed by atoms with Crippen molar-refractivity contribution >= 4 is 28.9 Å². The number of carbonyl (C=O) groups excluding carboxylic acids is 1. The van der Waals surface area contributed by atoms with Crippen LogP contribution in [0.4, 0.5) is 15.8 Å². The van der Waals surface area contributed by atoms with E-state index in [1.54, 1.807) is 31.2 Å². The number of nitrogens with one attached hydrogen (secondary N) is 1. The van der Waals surface area contributed by atoms with Gasteiger partial charge in [-0.05, 0) is 51.1 Å². The zero-order valence-electron chi connectivity index (χ0n) is 15.5. The van der Waals surface area contributed by atoms with Crippen LogP contribution in [-0.2, 0) is 11.3 Å². The fourth-order valence-corrected chi connectivity index (χ4v) is 3.67. The van der Waals surface area contributed by atoms with Gasteiger partial charge in [-0.3, -0.25) is 19.8 Å². The van der Waals surface area contributed by atoms with Gasteiger partial charge >= 0.3 is 0 Å². The van der Waals surface area contributed by atoms with Gasteiger partial charge < -0.3 is 5.32 Å². The van der Waals surface area contributed by atoms with E-state index in [1.165, 1.54) is 12.1 Å². The number of piperidine rings is 1. The molecule has 1 amide bonds. The van der Waals surface area contributed by atoms with Crippen molar-refractivity contribution in [2.75, 3.05) is 18.4 Å². The maximum atomic E-state index is 14.0. The Morgan fingerprint density at radius 2 is 1.96 bits per heavy atom. The molecule has 3 rings (SSSR count). The number of rotatable bonds is 5. The number of likely N-dealkylation sites (tertiary alicyclic amines) is 1. The minimum atomic E-state index is -0.461. The Morgan fingerprint density at radius 3 is 2.61 bits per heavy atom. The van der Waals surface area contributed by atoms with Crippen molar-refractivity contribution in [3.63, 3.8) is 0 Å². The second-order valence-corrected chi connectivity index (χ2v) is 7.35. The van der Waals surface area contributed by atoms with E-state index in [1.807, 2.05) is 0 Å². The predicted octanol–water partition coefficient (Wildman–Crippen LogP) is 4.55. The third-order valence-electron chi connectivity index (χ3n) is 5.16. The van der Waals surface area contributed by atoms with Gasteiger partial charge in [0.2, 0.25) is 5.91 Å². The molecule has 1 aliphatic heterocycles. The fourth-order valence-electron chi connectivity index (χ4n) is 3.45. The number of hydrogen-bond donors (Lipinski definition) is 1. The summed E-state index contributed by atoms with van der Waals surface area (Å²) in [6.07, 6.45) is 1.26. The average Bonchev–Trinajstić information content (AvgIpc) is 2.66. The third kappa shape index (κ3) is 4.48. The van der Waals surface area contributed by atoms with Crippen LogP contribution in [0.1, 0.15) is 24.0 Å². The SMILES string of the molecule is Cc1c(NC(=O)C2CCN(Cc3c(F)cccc3Cl)CC2)cccc1[N+](=O)[O-]. The first-order chi connectivity index (χ1) is 13.4. The minimum Gasteiger partial charge on any atom is -0.325 e. The molecule has 0 aromatic heterocycles. The number of nitro groups is 1. The highest BCUT2D eigenvalue weighted by molar-refractivity contribution is 6.31. The molecule has 1 saturated heterocycles. The molecule has 1 N–H and O–H groups in total. The normalized spacial score (nSPS) is 15.4. The first-order valence-corrected chi connectivity index (χ1v) is 9.44. The number of amides is 1. The van der Waals surface area contributed by atoms with Crippen LogP contribution < -0.4 is 5.32 Å². The maximum Gasteiger partial charge on any atom is 0.274 e. The van der Waals surface area contributed by atoms with E-state index in [4.69, 9.17) is 11.6 Å². The molecule has 148 valence electrons. The van der Waals surface area contributed by atoms with E-state index < -0.39 is 4.92 Å². The molecule has 0 atom stereocenters. The molecule has 1 fully saturated rings. The maximum absolute atomic E-state index is 14.0. The van der Waals surface area contributed by atoms with Crippen LogP contribution in [0.25, 0.3) is 0 Å². The largest absolute Gasteiger partial charge is 0.325 e. The Hall–Kier alpha value is -2.51. The van der Waals surface area contributed by atoms with Crippen LogP contribution in [0.5, 0.6) is 0 Å². The first-order valence-electron chi connectivity index (χ1n) is 9.07. The van der Waals surface area contributed by atoms with Crippen molar-refractivity contribution in [2.45, 2.75) is 26.3 Å². The molecular formula is C20H21ClFN3O3. The quantitative estimate of drug-likeness (QED) is 0.585. The topological polar surface area (TPSA) is 75.5 Å². The van der Waals surface area contributed by atoms with Gasteiger partial charge in [-0.1, -0.05) is 23.7 Å². The number of halogens is 2. The molecule has 0 saturated carbocycles. The Balaban J connectivity index is 1.59. The van der Waals surface area contributed by atoms with Crippen molar-refractivity contribution in [1.82, 2.24) is 4.90 Å². The average molecular weight is 406 g/mol. The Bertz CT molecular complexity index is 878. The third-order valence-corrected chi connectivity index (χ3v) is 5.52. The van der Waals surface area contributed by atoms with Gasteiger partial charge in [0.1, 0.15) is 5.82 Å². The van der Waals surface area contributed by atoms with E-state index in [0.29, 0.717) is 54.3 Å². The van der Waals surface area contributed by atoms with Crippen molar-refractivity contribution in [2.24, 2.45) is 5.92 Å². The van der Waals surface area contributed by atoms with E-state index in [9.17, 15) is 19.3 Å². The number of nitro benzene ring substituents is 1. The molecule has 8 heteroatoms. The van der Waals surface area contributed by atoms with E-state index in [-0.39, 0.29) is 23.3 Å². The van der Waals surface area contributed by atoms with Gasteiger partial charge in [-0.15, -0.1) is 0 Å². The summed E-state index contributed by atoms with van der Waals surface area (Å²) in [5.41, 5.74) is 1.35. The number of carbonyl (C=O) groups is 1. The summed E-state index contributed by atoms with van der Waals surface area (Å²) < 4.78 is 14.0. The smallest absolute Gasteiger partial charge is 0.274 e. The molecular weight excluding hydrogens is 385 g/mol. The van der Waals surface area contributed by atoms with Crippen LogP contribution in [0.15, 0.2) is 36.4 Å². The Morgan fingerprint density at radius 1 is 1.29 bits per heavy atom. The molecule has 1 aliphatic rings. The molecule has 2 aromatic rings. The highest BCUT2D eigenvalue weighted by Crippen LogP contribution is 2.28. The number of benzene rings is 2. The van der Waals surface area contributed by atoms with Gasteiger partial charge in [-0.2, -0.15) is 0 Å². The van der Waals surface area contributed by atoms with Gasteiger partial charge in [-0.25, -0.2) is 4.39 Å². The van der Waals surface area contributed by atoms with Crippen LogP contribution in [0, 0.1) is 28.8 Å². The molecule has 0 spiro atoms. The number of anilines is 1. The monoisotopic (exact) mass is 405 g/mol. The van der Waals surface area contributed by atoms with Crippen LogP contribution in [0.2, 0.25) is 5.02 Å². The lowest BCUT2D eigenvalue weighted by Crippen LogP contribution is -2.38. The first kappa shape index (κ1) is 20.2. The zero-order valence-corrected chi connectivity index (χ0v) is 16.2. The molecule has 0 radical (unpaired) electrons. The lowest BCUT2D eigenvalue weighted by molar-refractivity contribution is -0.385. The van der Waals surface area contributed by atoms with Gasteiger partial charge in [0.25, 0.3) is 5.69 Å². The van der Waals surface area contributed by atoms with Crippen molar-refractivity contribution in [3.8, 4) is 0 Å². The lowest BCUT2D eigenvalue weighted by atomic mass is 9.95. The van der Waals surface area contributed by atoms with Crippen molar-refractivity contribution in [1.29, 1.82) is 0 Å². The summed E-state index contributed by atoms with van der Waals surface area (Å²) in [5.74, 6) is -0.660. The number of hydrogen-bond acceptors (Lipinski definition) is 4. The van der Waals surface area contributed by atoms with E-state index >= 15 is 0 Å². The molecule has 0 bridgehead atoms. The molecule has 0 unspecified atom stereocenters. The Labute approximate surface area is 167 Å². The number of nitrogens with zero attached hydrogens (tertiary/aromatic N) is 2. The summed E-state index contributed by atoms with van der Waals surface area (Å²) in [6, 6.07) is 9.27. The fraction of sp³-hybridized carbons (Fsp3) is 0.350. The molecule has 0 aliphatic carbocycles. The molecule has 28 heavy (non-hydrogen) atoms. The Kier molecular flexibility index (Phi) is 6.26. The van der Waals surface area contributed by atoms with Crippen LogP contribution in [0.3, 0.4) is 0 Å². The summed E-state index contributed by atoms with van der Waals surface area (Å²) in [7, 11) is 0. The highest BCUT2D eigenvalue weighted by Gasteiger charge is 2.26. The van der Waals surface area contributed by atoms with Crippen molar-refractivity contribution < 1.29 is 14.1 Å². The molecule has 2 aromatic carbocycles. The van der Waals surface area contributed by atoms with Crippen LogP contribution in [-0.4, -0.2) is 28.8 Å². The van der Waals surface area contributed by atoms with Gasteiger partial charge in [0.05, 0.1) is 16.2 Å². The predicted molar refractivity (Wildman–Crippen MR) is 106 cm³/mol. The van der Waals surface area contributed by atoms with Gasteiger partial charge in [0, 0.05) is 29.1 Å². The van der Waals surface area contributed by atoms with Gasteiger partial charge in [0.15, 0.2) is 0 Å². The van der Waals surface area contributed by atoms with E-state index in [2.05, 4.69) is 10.2 Å². The van der Waals surface area contributed by atoms with E-state index in [0.717, 1.165) is 0 Å². The lowest BCUT2D eigenvalue weighted by Gasteiger charge is -2.31. The summed E-state index contributed by atoms with van der Waals surface area (Å²) >= 11 is 6.09. The van der Waals surface area contributed by atoms with Crippen molar-refractivity contribution in [3.05, 3.63) is 68.5 Å². The second-order valence-electron chi connectivity index (χ2n) is 6.95. The molecule has 6 nitrogen and oxygen atoms in total. The summed E-state index contributed by atoms with van der Waals surface area (Å²) in [5, 5.41) is 14.3. The second kappa shape index (κ2) is 8.67. The van der Waals surface area contributed by atoms with Crippen LogP contribution >= 0.6 is 11.6 Å². The standard InChI is InChI=1S/C20H21ClFN3O3/c1-13-18(6-3-7-19(13)25(27)28)23-20(26)14-8-10-24(11-9-14)12-15-16(21)4-2-5-17(15)22/h2-7,14H,8-12H2,1H3,(H,23,26). The molecule has 1 heterocycles. The zero-order chi connectivity index (χ0) is 20.3.